The van der Waals surface area contributed by atoms with E-state index in [0.717, 1.165) is 21.7 Å². The van der Waals surface area contributed by atoms with E-state index in [2.05, 4.69) is 47.3 Å². The summed E-state index contributed by atoms with van der Waals surface area (Å²) >= 11 is 7.52. The second kappa shape index (κ2) is 4.79. The highest BCUT2D eigenvalue weighted by Gasteiger charge is 2.09. The molecule has 0 spiro atoms. The van der Waals surface area contributed by atoms with Gasteiger partial charge in [-0.15, -0.1) is 11.3 Å². The molecule has 0 aliphatic rings. The fraction of sp³-hybridized carbons (Fsp3) is 0.143. The van der Waals surface area contributed by atoms with Gasteiger partial charge in [0.05, 0.1) is 5.39 Å². The fourth-order valence-electron chi connectivity index (χ4n) is 1.92. The summed E-state index contributed by atoms with van der Waals surface area (Å²) in [4.78, 5) is 9.40. The third kappa shape index (κ3) is 2.41. The van der Waals surface area contributed by atoms with Crippen LogP contribution in [0.4, 0.5) is 11.5 Å². The largest absolute Gasteiger partial charge is 0.339 e. The molecular weight excluding hydrogens is 278 g/mol. The van der Waals surface area contributed by atoms with Crippen LogP contribution >= 0.6 is 22.9 Å². The van der Waals surface area contributed by atoms with Crippen LogP contribution in [0.15, 0.2) is 29.6 Å². The number of aromatic nitrogens is 2. The minimum Gasteiger partial charge on any atom is -0.339 e. The molecule has 0 amide bonds. The van der Waals surface area contributed by atoms with Gasteiger partial charge in [0.1, 0.15) is 10.6 Å². The summed E-state index contributed by atoms with van der Waals surface area (Å²) in [5, 5.41) is 6.61. The van der Waals surface area contributed by atoms with Crippen LogP contribution < -0.4 is 5.32 Å². The molecule has 0 atom stereocenters. The van der Waals surface area contributed by atoms with Crippen LogP contribution in [0, 0.1) is 13.8 Å². The molecule has 1 aromatic carbocycles. The van der Waals surface area contributed by atoms with Gasteiger partial charge in [0.2, 0.25) is 5.28 Å². The Bertz CT molecular complexity index is 752. The van der Waals surface area contributed by atoms with E-state index in [-0.39, 0.29) is 5.28 Å². The van der Waals surface area contributed by atoms with Crippen molar-refractivity contribution in [1.82, 2.24) is 9.97 Å². The third-order valence-corrected chi connectivity index (χ3v) is 3.92. The van der Waals surface area contributed by atoms with Crippen LogP contribution in [0.3, 0.4) is 0 Å². The van der Waals surface area contributed by atoms with E-state index in [4.69, 9.17) is 11.6 Å². The molecular formula is C14H12ClN3S. The first-order chi connectivity index (χ1) is 9.13. The molecule has 19 heavy (non-hydrogen) atoms. The van der Waals surface area contributed by atoms with E-state index in [1.54, 1.807) is 11.3 Å². The van der Waals surface area contributed by atoms with E-state index in [0.29, 0.717) is 0 Å². The Balaban J connectivity index is 2.10. The molecule has 0 radical (unpaired) electrons. The molecule has 0 aliphatic heterocycles. The summed E-state index contributed by atoms with van der Waals surface area (Å²) in [6.45, 7) is 4.13. The van der Waals surface area contributed by atoms with Gasteiger partial charge in [-0.1, -0.05) is 12.1 Å². The van der Waals surface area contributed by atoms with Gasteiger partial charge in [-0.2, -0.15) is 4.98 Å². The molecule has 3 nitrogen and oxygen atoms in total. The molecule has 0 unspecified atom stereocenters. The minimum atomic E-state index is 0.266. The molecule has 2 aromatic heterocycles. The number of benzene rings is 1. The lowest BCUT2D eigenvalue weighted by molar-refractivity contribution is 1.22. The first-order valence-electron chi connectivity index (χ1n) is 5.88. The fourth-order valence-corrected chi connectivity index (χ4v) is 2.91. The van der Waals surface area contributed by atoms with Gasteiger partial charge >= 0.3 is 0 Å². The number of aryl methyl sites for hydroxylation is 2. The number of nitrogens with zero attached hydrogens (tertiary/aromatic N) is 2. The maximum Gasteiger partial charge on any atom is 0.225 e. The molecule has 2 heterocycles. The lowest BCUT2D eigenvalue weighted by Crippen LogP contribution is -1.98. The zero-order valence-corrected chi connectivity index (χ0v) is 12.1. The summed E-state index contributed by atoms with van der Waals surface area (Å²) in [5.41, 5.74) is 3.42. The van der Waals surface area contributed by atoms with Crippen molar-refractivity contribution in [3.8, 4) is 0 Å². The lowest BCUT2D eigenvalue weighted by atomic mass is 10.1. The Morgan fingerprint density at radius 3 is 2.84 bits per heavy atom. The van der Waals surface area contributed by atoms with Crippen LogP contribution in [0.25, 0.3) is 10.2 Å². The first-order valence-corrected chi connectivity index (χ1v) is 7.14. The van der Waals surface area contributed by atoms with Crippen LogP contribution in [0.2, 0.25) is 5.28 Å². The van der Waals surface area contributed by atoms with Gasteiger partial charge in [0.25, 0.3) is 0 Å². The molecule has 1 N–H and O–H groups in total. The van der Waals surface area contributed by atoms with Crippen molar-refractivity contribution in [3.63, 3.8) is 0 Å². The quantitative estimate of drug-likeness (QED) is 0.695. The summed E-state index contributed by atoms with van der Waals surface area (Å²) in [6, 6.07) is 8.28. The van der Waals surface area contributed by atoms with E-state index in [1.807, 2.05) is 11.4 Å². The summed E-state index contributed by atoms with van der Waals surface area (Å²) in [7, 11) is 0. The van der Waals surface area contributed by atoms with Crippen molar-refractivity contribution in [2.75, 3.05) is 5.32 Å². The Morgan fingerprint density at radius 2 is 2.00 bits per heavy atom. The first kappa shape index (κ1) is 12.4. The Morgan fingerprint density at radius 1 is 1.16 bits per heavy atom. The summed E-state index contributed by atoms with van der Waals surface area (Å²) in [6.07, 6.45) is 0. The molecule has 0 saturated heterocycles. The monoisotopic (exact) mass is 289 g/mol. The van der Waals surface area contributed by atoms with Crippen molar-refractivity contribution in [2.24, 2.45) is 0 Å². The topological polar surface area (TPSA) is 37.8 Å². The molecule has 0 bridgehead atoms. The SMILES string of the molecule is Cc1ccc(C)c(Nc2nc(Cl)nc3sccc23)c1. The highest BCUT2D eigenvalue weighted by molar-refractivity contribution is 7.16. The second-order valence-electron chi connectivity index (χ2n) is 4.42. The zero-order valence-electron chi connectivity index (χ0n) is 10.6. The number of hydrogen-bond acceptors (Lipinski definition) is 4. The molecule has 96 valence electrons. The Kier molecular flexibility index (Phi) is 3.12. The van der Waals surface area contributed by atoms with Gasteiger partial charge in [-0.3, -0.25) is 0 Å². The number of rotatable bonds is 2. The van der Waals surface area contributed by atoms with Crippen LogP contribution in [-0.2, 0) is 0 Å². The van der Waals surface area contributed by atoms with Crippen molar-refractivity contribution < 1.29 is 0 Å². The van der Waals surface area contributed by atoms with Crippen molar-refractivity contribution in [2.45, 2.75) is 13.8 Å². The molecule has 0 fully saturated rings. The van der Waals surface area contributed by atoms with Gasteiger partial charge in [-0.25, -0.2) is 4.98 Å². The van der Waals surface area contributed by atoms with E-state index < -0.39 is 0 Å². The predicted molar refractivity (Wildman–Crippen MR) is 81.6 cm³/mol. The van der Waals surface area contributed by atoms with Crippen molar-refractivity contribution in [3.05, 3.63) is 46.1 Å². The number of nitrogens with one attached hydrogen (secondary N) is 1. The number of halogens is 1. The zero-order chi connectivity index (χ0) is 13.4. The third-order valence-electron chi connectivity index (χ3n) is 2.94. The summed E-state index contributed by atoms with van der Waals surface area (Å²) < 4.78 is 0. The van der Waals surface area contributed by atoms with E-state index in [9.17, 15) is 0 Å². The molecule has 3 aromatic rings. The average molecular weight is 290 g/mol. The molecule has 0 saturated carbocycles. The lowest BCUT2D eigenvalue weighted by Gasteiger charge is -2.10. The minimum absolute atomic E-state index is 0.266. The Hall–Kier alpha value is -1.65. The number of fused-ring (bicyclic) bond motifs is 1. The number of thiophene rings is 1. The maximum atomic E-state index is 5.96. The highest BCUT2D eigenvalue weighted by atomic mass is 35.5. The second-order valence-corrected chi connectivity index (χ2v) is 5.66. The van der Waals surface area contributed by atoms with Crippen LogP contribution in [-0.4, -0.2) is 9.97 Å². The summed E-state index contributed by atoms with van der Waals surface area (Å²) in [5.74, 6) is 0.755. The number of anilines is 2. The van der Waals surface area contributed by atoms with Crippen LogP contribution in [0.5, 0.6) is 0 Å². The number of hydrogen-bond donors (Lipinski definition) is 1. The van der Waals surface area contributed by atoms with Gasteiger partial charge in [-0.05, 0) is 54.1 Å². The molecule has 3 rings (SSSR count). The average Bonchev–Trinajstić information content (AvgIpc) is 2.82. The molecule has 5 heteroatoms. The van der Waals surface area contributed by atoms with E-state index in [1.165, 1.54) is 11.1 Å². The van der Waals surface area contributed by atoms with Gasteiger partial charge < -0.3 is 5.32 Å². The van der Waals surface area contributed by atoms with E-state index >= 15 is 0 Å². The van der Waals surface area contributed by atoms with Crippen molar-refractivity contribution in [1.29, 1.82) is 0 Å². The maximum absolute atomic E-state index is 5.96. The van der Waals surface area contributed by atoms with Gasteiger partial charge in [0.15, 0.2) is 0 Å². The predicted octanol–water partition coefficient (Wildman–Crippen LogP) is 4.71. The highest BCUT2D eigenvalue weighted by Crippen LogP contribution is 2.29. The standard InChI is InChI=1S/C14H12ClN3S/c1-8-3-4-9(2)11(7-8)16-12-10-5-6-19-13(10)18-14(15)17-12/h3-7H,1-2H3,(H,16,17,18). The Labute approximate surface area is 120 Å². The smallest absolute Gasteiger partial charge is 0.225 e. The van der Waals surface area contributed by atoms with Crippen LogP contribution in [0.1, 0.15) is 11.1 Å². The van der Waals surface area contributed by atoms with Crippen molar-refractivity contribution >= 4 is 44.7 Å². The normalized spacial score (nSPS) is 10.9. The molecule has 0 aliphatic carbocycles. The van der Waals surface area contributed by atoms with Gasteiger partial charge in [0, 0.05) is 5.69 Å².